The lowest BCUT2D eigenvalue weighted by Crippen LogP contribution is -2.54. The number of carboxylic acids is 1. The third-order valence-electron chi connectivity index (χ3n) is 4.89. The lowest BCUT2D eigenvalue weighted by Gasteiger charge is -2.36. The Bertz CT molecular complexity index is 834. The quantitative estimate of drug-likeness (QED) is 0.727. The average molecular weight is 396 g/mol. The van der Waals surface area contributed by atoms with Crippen LogP contribution < -0.4 is 0 Å². The number of sulfonamides is 1. The molecular formula is C18H24N2O6S. The molecule has 0 bridgehead atoms. The molecule has 8 nitrogen and oxygen atoms in total. The van der Waals surface area contributed by atoms with Gasteiger partial charge in [-0.25, -0.2) is 13.2 Å². The zero-order valence-corrected chi connectivity index (χ0v) is 16.4. The Hall–Kier alpha value is -2.26. The van der Waals surface area contributed by atoms with Crippen molar-refractivity contribution >= 4 is 27.7 Å². The Labute approximate surface area is 158 Å². The zero-order chi connectivity index (χ0) is 20.4. The first-order valence-electron chi connectivity index (χ1n) is 8.69. The fraction of sp³-hybridized carbons (Fsp3) is 0.500. The van der Waals surface area contributed by atoms with Crippen LogP contribution in [0, 0.1) is 0 Å². The van der Waals surface area contributed by atoms with Crippen LogP contribution in [0.2, 0.25) is 0 Å². The number of amides is 1. The summed E-state index contributed by atoms with van der Waals surface area (Å²) in [5.41, 5.74) is 0.398. The van der Waals surface area contributed by atoms with E-state index in [1.807, 2.05) is 0 Å². The number of Topliss-reactive ketones (excluding diaryl/α,β-unsaturated/α-hetero) is 1. The van der Waals surface area contributed by atoms with E-state index < -0.39 is 34.0 Å². The Morgan fingerprint density at radius 2 is 1.78 bits per heavy atom. The van der Waals surface area contributed by atoms with Gasteiger partial charge in [0.2, 0.25) is 15.9 Å². The van der Waals surface area contributed by atoms with Gasteiger partial charge in [-0.1, -0.05) is 18.6 Å². The van der Waals surface area contributed by atoms with Crippen LogP contribution in [0.25, 0.3) is 0 Å². The normalized spacial score (nSPS) is 19.3. The zero-order valence-electron chi connectivity index (χ0n) is 15.6. The molecule has 1 aromatic carbocycles. The smallest absolute Gasteiger partial charge is 0.326 e. The first kappa shape index (κ1) is 21.0. The third-order valence-corrected chi connectivity index (χ3v) is 6.81. The van der Waals surface area contributed by atoms with Crippen molar-refractivity contribution in [2.24, 2.45) is 0 Å². The number of piperidine rings is 1. The minimum Gasteiger partial charge on any atom is -0.480 e. The summed E-state index contributed by atoms with van der Waals surface area (Å²) >= 11 is 0. The van der Waals surface area contributed by atoms with Gasteiger partial charge in [0.25, 0.3) is 0 Å². The summed E-state index contributed by atoms with van der Waals surface area (Å²) < 4.78 is 27.3. The van der Waals surface area contributed by atoms with Crippen molar-refractivity contribution in [3.8, 4) is 0 Å². The molecule has 148 valence electrons. The molecule has 1 heterocycles. The summed E-state index contributed by atoms with van der Waals surface area (Å²) in [5.74, 6) is -1.86. The maximum absolute atomic E-state index is 13.1. The predicted molar refractivity (Wildman–Crippen MR) is 97.8 cm³/mol. The van der Waals surface area contributed by atoms with Crippen LogP contribution in [0.3, 0.4) is 0 Å². The molecule has 0 spiro atoms. The van der Waals surface area contributed by atoms with Gasteiger partial charge in [0.05, 0.1) is 4.90 Å². The third kappa shape index (κ3) is 4.36. The summed E-state index contributed by atoms with van der Waals surface area (Å²) in [6.07, 6.45) is 1.63. The van der Waals surface area contributed by atoms with E-state index in [0.717, 1.165) is 9.21 Å². The molecule has 0 aromatic heterocycles. The Morgan fingerprint density at radius 1 is 1.19 bits per heavy atom. The van der Waals surface area contributed by atoms with Crippen molar-refractivity contribution in [1.82, 2.24) is 9.21 Å². The fourth-order valence-electron chi connectivity index (χ4n) is 3.03. The highest BCUT2D eigenvalue weighted by molar-refractivity contribution is 7.89. The number of carbonyl (C=O) groups is 3. The predicted octanol–water partition coefficient (Wildman–Crippen LogP) is 1.36. The number of aliphatic carboxylic acids is 1. The van der Waals surface area contributed by atoms with Crippen LogP contribution in [-0.4, -0.2) is 66.1 Å². The summed E-state index contributed by atoms with van der Waals surface area (Å²) in [7, 11) is -2.59. The van der Waals surface area contributed by atoms with E-state index in [1.54, 1.807) is 0 Å². The van der Waals surface area contributed by atoms with E-state index >= 15 is 0 Å². The number of ketones is 1. The van der Waals surface area contributed by atoms with E-state index in [-0.39, 0.29) is 17.2 Å². The number of hydrogen-bond acceptors (Lipinski definition) is 5. The summed E-state index contributed by atoms with van der Waals surface area (Å²) in [4.78, 5) is 36.4. The van der Waals surface area contributed by atoms with E-state index in [1.165, 1.54) is 45.2 Å². The molecule has 1 saturated heterocycles. The molecule has 1 aromatic rings. The van der Waals surface area contributed by atoms with Gasteiger partial charge >= 0.3 is 5.97 Å². The van der Waals surface area contributed by atoms with Gasteiger partial charge in [0, 0.05) is 19.2 Å². The van der Waals surface area contributed by atoms with E-state index in [9.17, 15) is 22.8 Å². The highest BCUT2D eigenvalue weighted by Crippen LogP contribution is 2.27. The maximum atomic E-state index is 13.1. The van der Waals surface area contributed by atoms with Gasteiger partial charge in [-0.3, -0.25) is 9.59 Å². The number of benzene rings is 1. The number of likely N-dealkylation sites (N-methyl/N-ethyl adjacent to an activating group) is 1. The van der Waals surface area contributed by atoms with Gasteiger partial charge in [-0.15, -0.1) is 0 Å². The second-order valence-electron chi connectivity index (χ2n) is 6.67. The summed E-state index contributed by atoms with van der Waals surface area (Å²) in [6.45, 7) is 2.95. The molecule has 2 atom stereocenters. The molecule has 27 heavy (non-hydrogen) atoms. The van der Waals surface area contributed by atoms with Crippen LogP contribution in [-0.2, 0) is 19.6 Å². The molecule has 2 rings (SSSR count). The van der Waals surface area contributed by atoms with Crippen LogP contribution in [0.4, 0.5) is 0 Å². The number of hydrogen-bond donors (Lipinski definition) is 1. The summed E-state index contributed by atoms with van der Waals surface area (Å²) in [5, 5.41) is 9.12. The number of nitrogens with zero attached hydrogens (tertiary/aromatic N) is 2. The van der Waals surface area contributed by atoms with Gasteiger partial charge < -0.3 is 10.0 Å². The van der Waals surface area contributed by atoms with E-state index in [4.69, 9.17) is 5.11 Å². The lowest BCUT2D eigenvalue weighted by atomic mass is 10.0. The van der Waals surface area contributed by atoms with Crippen molar-refractivity contribution in [1.29, 1.82) is 0 Å². The van der Waals surface area contributed by atoms with Crippen molar-refractivity contribution in [3.05, 3.63) is 29.8 Å². The molecule has 1 aliphatic heterocycles. The summed E-state index contributed by atoms with van der Waals surface area (Å²) in [6, 6.07) is 3.59. The SMILES string of the molecule is CC(=O)c1ccc(S(=O)(=O)N2CCCCC2C(=O)N(C)C(C)C(=O)O)cc1. The molecule has 1 amide bonds. The minimum atomic E-state index is -3.95. The molecular weight excluding hydrogens is 372 g/mol. The van der Waals surface area contributed by atoms with Gasteiger partial charge in [0.1, 0.15) is 12.1 Å². The maximum Gasteiger partial charge on any atom is 0.326 e. The highest BCUT2D eigenvalue weighted by atomic mass is 32.2. The monoisotopic (exact) mass is 396 g/mol. The molecule has 1 N–H and O–H groups in total. The van der Waals surface area contributed by atoms with Crippen molar-refractivity contribution < 1.29 is 27.9 Å². The van der Waals surface area contributed by atoms with Crippen LogP contribution in [0.15, 0.2) is 29.2 Å². The number of rotatable bonds is 6. The van der Waals surface area contributed by atoms with Gasteiger partial charge in [0.15, 0.2) is 5.78 Å². The Balaban J connectivity index is 2.33. The van der Waals surface area contributed by atoms with E-state index in [0.29, 0.717) is 24.8 Å². The molecule has 0 radical (unpaired) electrons. The molecule has 9 heteroatoms. The Kier molecular flexibility index (Phi) is 6.38. The standard InChI is InChI=1S/C18H24N2O6S/c1-12(18(23)24)19(3)17(22)16-6-4-5-11-20(16)27(25,26)15-9-7-14(8-10-15)13(2)21/h7-10,12,16H,4-6,11H2,1-3H3,(H,23,24). The topological polar surface area (TPSA) is 112 Å². The van der Waals surface area contributed by atoms with Crippen LogP contribution in [0.5, 0.6) is 0 Å². The first-order chi connectivity index (χ1) is 12.6. The Morgan fingerprint density at radius 3 is 2.30 bits per heavy atom. The number of carbonyl (C=O) groups excluding carboxylic acids is 2. The lowest BCUT2D eigenvalue weighted by molar-refractivity contribution is -0.150. The second kappa shape index (κ2) is 8.18. The molecule has 0 aliphatic carbocycles. The molecule has 2 unspecified atom stereocenters. The van der Waals surface area contributed by atoms with Gasteiger partial charge in [-0.05, 0) is 38.8 Å². The first-order valence-corrected chi connectivity index (χ1v) is 10.1. The van der Waals surface area contributed by atoms with Crippen LogP contribution >= 0.6 is 0 Å². The molecule has 1 aliphatic rings. The molecule has 1 fully saturated rings. The van der Waals surface area contributed by atoms with Gasteiger partial charge in [-0.2, -0.15) is 4.31 Å². The van der Waals surface area contributed by atoms with Crippen LogP contribution in [0.1, 0.15) is 43.5 Å². The second-order valence-corrected chi connectivity index (χ2v) is 8.56. The van der Waals surface area contributed by atoms with Crippen molar-refractivity contribution in [2.45, 2.75) is 50.1 Å². The van der Waals surface area contributed by atoms with E-state index in [2.05, 4.69) is 0 Å². The molecule has 0 saturated carbocycles. The average Bonchev–Trinajstić information content (AvgIpc) is 2.66. The highest BCUT2D eigenvalue weighted by Gasteiger charge is 2.40. The van der Waals surface area contributed by atoms with Crippen molar-refractivity contribution in [2.75, 3.05) is 13.6 Å². The fourth-order valence-corrected chi connectivity index (χ4v) is 4.68. The largest absolute Gasteiger partial charge is 0.480 e. The minimum absolute atomic E-state index is 0.00105. The number of carboxylic acid groups (broad SMARTS) is 1. The van der Waals surface area contributed by atoms with Crippen molar-refractivity contribution in [3.63, 3.8) is 0 Å².